The fraction of sp³-hybridized carbons (Fsp3) is 0.333. The number of nitriles is 1. The van der Waals surface area contributed by atoms with E-state index in [1.165, 1.54) is 0 Å². The number of rotatable bonds is 1. The van der Waals surface area contributed by atoms with Crippen molar-refractivity contribution in [2.24, 2.45) is 0 Å². The first-order valence-corrected chi connectivity index (χ1v) is 5.09. The summed E-state index contributed by atoms with van der Waals surface area (Å²) in [7, 11) is 0. The highest BCUT2D eigenvalue weighted by Crippen LogP contribution is 2.49. The van der Waals surface area contributed by atoms with Gasteiger partial charge in [0.2, 0.25) is 0 Å². The minimum absolute atomic E-state index is 0.371. The van der Waals surface area contributed by atoms with Gasteiger partial charge in [-0.2, -0.15) is 5.26 Å². The zero-order chi connectivity index (χ0) is 9.47. The Morgan fingerprint density at radius 1 is 1.54 bits per heavy atom. The van der Waals surface area contributed by atoms with Gasteiger partial charge in [0.15, 0.2) is 0 Å². The molecule has 0 unspecified atom stereocenters. The predicted octanol–water partition coefficient (Wildman–Crippen LogP) is 3.05. The Bertz CT molecular complexity index is 393. The van der Waals surface area contributed by atoms with E-state index in [1.54, 1.807) is 6.07 Å². The molecule has 1 saturated carbocycles. The van der Waals surface area contributed by atoms with Gasteiger partial charge in [0.25, 0.3) is 0 Å². The molecule has 0 radical (unpaired) electrons. The van der Waals surface area contributed by atoms with E-state index in [9.17, 15) is 0 Å². The molecule has 2 nitrogen and oxygen atoms in total. The lowest BCUT2D eigenvalue weighted by atomic mass is 10.0. The zero-order valence-corrected chi connectivity index (χ0v) is 9.06. The van der Waals surface area contributed by atoms with Gasteiger partial charge in [0.1, 0.15) is 10.6 Å². The quantitative estimate of drug-likeness (QED) is 0.725. The van der Waals surface area contributed by atoms with Gasteiger partial charge in [-0.05, 0) is 40.9 Å². The highest BCUT2D eigenvalue weighted by atomic mass is 79.9. The van der Waals surface area contributed by atoms with Crippen molar-refractivity contribution >= 4 is 27.5 Å². The molecule has 0 aliphatic heterocycles. The summed E-state index contributed by atoms with van der Waals surface area (Å²) in [6.45, 7) is 0. The Kier molecular flexibility index (Phi) is 2.05. The molecule has 1 fully saturated rings. The van der Waals surface area contributed by atoms with Crippen LogP contribution in [0.4, 0.5) is 0 Å². The molecule has 0 amide bonds. The molecule has 0 N–H and O–H groups in total. The Morgan fingerprint density at radius 2 is 2.23 bits per heavy atom. The van der Waals surface area contributed by atoms with E-state index < -0.39 is 0 Å². The summed E-state index contributed by atoms with van der Waals surface area (Å²) in [6, 6.07) is 5.83. The molecule has 13 heavy (non-hydrogen) atoms. The molecule has 1 aromatic heterocycles. The molecule has 2 rings (SSSR count). The number of aromatic nitrogens is 1. The summed E-state index contributed by atoms with van der Waals surface area (Å²) >= 11 is 9.14. The summed E-state index contributed by atoms with van der Waals surface area (Å²) in [5, 5.41) is 9.42. The average Bonchev–Trinajstić information content (AvgIpc) is 2.90. The smallest absolute Gasteiger partial charge is 0.129 e. The van der Waals surface area contributed by atoms with Crippen LogP contribution in [0.25, 0.3) is 0 Å². The predicted molar refractivity (Wildman–Crippen MR) is 53.5 cm³/mol. The third-order valence-corrected chi connectivity index (χ3v) is 3.08. The average molecular weight is 258 g/mol. The van der Waals surface area contributed by atoms with Gasteiger partial charge in [-0.25, -0.2) is 4.98 Å². The van der Waals surface area contributed by atoms with Gasteiger partial charge < -0.3 is 0 Å². The standard InChI is InChI=1S/C9H6BrClN2/c10-6-1-2-7(11)13-8(6)9(5-12)3-4-9/h1-2H,3-4H2. The molecule has 66 valence electrons. The summed E-state index contributed by atoms with van der Waals surface area (Å²) in [6.07, 6.45) is 1.77. The molecule has 1 aliphatic carbocycles. The van der Waals surface area contributed by atoms with Gasteiger partial charge >= 0.3 is 0 Å². The Labute approximate surface area is 89.7 Å². The van der Waals surface area contributed by atoms with Gasteiger partial charge in [-0.15, -0.1) is 0 Å². The lowest BCUT2D eigenvalue weighted by Gasteiger charge is -2.07. The van der Waals surface area contributed by atoms with Crippen LogP contribution in [0.3, 0.4) is 0 Å². The number of halogens is 2. The van der Waals surface area contributed by atoms with Crippen molar-refractivity contribution in [2.75, 3.05) is 0 Å². The Morgan fingerprint density at radius 3 is 2.77 bits per heavy atom. The largest absolute Gasteiger partial charge is 0.238 e. The third-order valence-electron chi connectivity index (χ3n) is 2.23. The van der Waals surface area contributed by atoms with Crippen LogP contribution in [0.15, 0.2) is 16.6 Å². The topological polar surface area (TPSA) is 36.7 Å². The highest BCUT2D eigenvalue weighted by Gasteiger charge is 2.47. The van der Waals surface area contributed by atoms with Crippen LogP contribution in [0.5, 0.6) is 0 Å². The molecule has 0 spiro atoms. The summed E-state index contributed by atoms with van der Waals surface area (Å²) in [5.74, 6) is 0. The number of nitrogens with zero attached hydrogens (tertiary/aromatic N) is 2. The second-order valence-corrected chi connectivity index (χ2v) is 4.40. The SMILES string of the molecule is N#CC1(c2nc(Cl)ccc2Br)CC1. The fourth-order valence-corrected chi connectivity index (χ4v) is 2.03. The van der Waals surface area contributed by atoms with Gasteiger partial charge in [-0.3, -0.25) is 0 Å². The lowest BCUT2D eigenvalue weighted by molar-refractivity contribution is 0.846. The van der Waals surface area contributed by atoms with E-state index in [1.807, 2.05) is 6.07 Å². The molecule has 1 heterocycles. The van der Waals surface area contributed by atoms with Crippen molar-refractivity contribution in [1.29, 1.82) is 5.26 Å². The monoisotopic (exact) mass is 256 g/mol. The van der Waals surface area contributed by atoms with Gasteiger partial charge in [-0.1, -0.05) is 11.6 Å². The first-order valence-electron chi connectivity index (χ1n) is 3.92. The normalized spacial score (nSPS) is 17.9. The molecule has 0 bridgehead atoms. The van der Waals surface area contributed by atoms with Crippen LogP contribution in [0.2, 0.25) is 5.15 Å². The third kappa shape index (κ3) is 1.45. The Hall–Kier alpha value is -0.590. The minimum Gasteiger partial charge on any atom is -0.238 e. The summed E-state index contributed by atoms with van der Waals surface area (Å²) in [4.78, 5) is 4.17. The first-order chi connectivity index (χ1) is 6.18. The molecule has 0 atom stereocenters. The van der Waals surface area contributed by atoms with Crippen LogP contribution in [-0.4, -0.2) is 4.98 Å². The van der Waals surface area contributed by atoms with E-state index in [0.717, 1.165) is 23.0 Å². The maximum atomic E-state index is 8.97. The van der Waals surface area contributed by atoms with E-state index in [4.69, 9.17) is 16.9 Å². The fourth-order valence-electron chi connectivity index (χ4n) is 1.28. The maximum absolute atomic E-state index is 8.97. The number of pyridine rings is 1. The molecular weight excluding hydrogens is 251 g/mol. The molecule has 4 heteroatoms. The molecule has 0 aromatic carbocycles. The van der Waals surface area contributed by atoms with Gasteiger partial charge in [0.05, 0.1) is 11.8 Å². The van der Waals surface area contributed by atoms with E-state index in [-0.39, 0.29) is 5.41 Å². The Balaban J connectivity index is 2.52. The highest BCUT2D eigenvalue weighted by molar-refractivity contribution is 9.10. The van der Waals surface area contributed by atoms with E-state index in [2.05, 4.69) is 27.0 Å². The second-order valence-electron chi connectivity index (χ2n) is 3.16. The minimum atomic E-state index is -0.371. The van der Waals surface area contributed by atoms with Crippen LogP contribution < -0.4 is 0 Å². The van der Waals surface area contributed by atoms with Crippen molar-refractivity contribution < 1.29 is 0 Å². The van der Waals surface area contributed by atoms with Crippen molar-refractivity contribution in [2.45, 2.75) is 18.3 Å². The number of hydrogen-bond donors (Lipinski definition) is 0. The maximum Gasteiger partial charge on any atom is 0.129 e. The van der Waals surface area contributed by atoms with E-state index in [0.29, 0.717) is 5.15 Å². The number of hydrogen-bond acceptors (Lipinski definition) is 2. The van der Waals surface area contributed by atoms with Crippen LogP contribution in [0.1, 0.15) is 18.5 Å². The van der Waals surface area contributed by atoms with Crippen LogP contribution >= 0.6 is 27.5 Å². The van der Waals surface area contributed by atoms with Crippen molar-refractivity contribution in [3.8, 4) is 6.07 Å². The van der Waals surface area contributed by atoms with Crippen LogP contribution in [-0.2, 0) is 5.41 Å². The first kappa shape index (κ1) is 8.98. The molecule has 1 aromatic rings. The summed E-state index contributed by atoms with van der Waals surface area (Å²) < 4.78 is 0.871. The second kappa shape index (κ2) is 2.97. The lowest BCUT2D eigenvalue weighted by Crippen LogP contribution is -2.06. The van der Waals surface area contributed by atoms with Crippen molar-refractivity contribution in [1.82, 2.24) is 4.98 Å². The van der Waals surface area contributed by atoms with Crippen molar-refractivity contribution in [3.05, 3.63) is 27.5 Å². The molecule has 1 aliphatic rings. The van der Waals surface area contributed by atoms with E-state index >= 15 is 0 Å². The zero-order valence-electron chi connectivity index (χ0n) is 6.72. The van der Waals surface area contributed by atoms with Crippen molar-refractivity contribution in [3.63, 3.8) is 0 Å². The summed E-state index contributed by atoms with van der Waals surface area (Å²) in [5.41, 5.74) is 0.409. The van der Waals surface area contributed by atoms with Crippen LogP contribution in [0, 0.1) is 11.3 Å². The van der Waals surface area contributed by atoms with Gasteiger partial charge in [0, 0.05) is 4.47 Å². The molecular formula is C9H6BrClN2. The molecule has 0 saturated heterocycles.